The molecular formula is C10H13ClN2OS. The molecule has 0 saturated heterocycles. The molecule has 1 aliphatic heterocycles. The molecule has 0 atom stereocenters. The van der Waals surface area contributed by atoms with Crippen LogP contribution >= 0.6 is 24.2 Å². The highest BCUT2D eigenvalue weighted by molar-refractivity contribution is 8.14. The number of nitrogens with one attached hydrogen (secondary N) is 1. The minimum absolute atomic E-state index is 0. The lowest BCUT2D eigenvalue weighted by atomic mass is 10.3. The topological polar surface area (TPSA) is 33.6 Å². The van der Waals surface area contributed by atoms with Gasteiger partial charge in [0.1, 0.15) is 5.75 Å². The molecular weight excluding hydrogens is 232 g/mol. The maximum Gasteiger partial charge on any atom is 0.161 e. The average molecular weight is 245 g/mol. The molecule has 0 aliphatic carbocycles. The number of aliphatic imine (C=N–C) groups is 1. The van der Waals surface area contributed by atoms with Gasteiger partial charge in [0.25, 0.3) is 0 Å². The van der Waals surface area contributed by atoms with Crippen LogP contribution in [-0.4, -0.2) is 24.6 Å². The number of thioether (sulfide) groups is 1. The highest BCUT2D eigenvalue weighted by Gasteiger charge is 2.06. The van der Waals surface area contributed by atoms with Crippen LogP contribution in [0, 0.1) is 0 Å². The summed E-state index contributed by atoms with van der Waals surface area (Å²) in [6.07, 6.45) is 0. The van der Waals surface area contributed by atoms with Crippen LogP contribution in [0.2, 0.25) is 0 Å². The predicted octanol–water partition coefficient (Wildman–Crippen LogP) is 2.63. The van der Waals surface area contributed by atoms with E-state index in [-0.39, 0.29) is 12.4 Å². The number of benzene rings is 1. The Kier molecular flexibility index (Phi) is 4.78. The zero-order valence-corrected chi connectivity index (χ0v) is 10.0. The zero-order chi connectivity index (χ0) is 9.80. The molecule has 1 aromatic rings. The van der Waals surface area contributed by atoms with E-state index in [9.17, 15) is 0 Å². The number of halogens is 1. The Morgan fingerprint density at radius 3 is 2.60 bits per heavy atom. The van der Waals surface area contributed by atoms with Crippen molar-refractivity contribution in [2.45, 2.75) is 0 Å². The SMILES string of the molecule is COc1ccc(NC2=NCCS2)cc1.Cl. The normalized spacial score (nSPS) is 14.1. The van der Waals surface area contributed by atoms with Crippen LogP contribution in [-0.2, 0) is 0 Å². The third-order valence-electron chi connectivity index (χ3n) is 1.93. The molecule has 0 bridgehead atoms. The van der Waals surface area contributed by atoms with Crippen LogP contribution in [0.25, 0.3) is 0 Å². The Balaban J connectivity index is 0.00000112. The average Bonchev–Trinajstić information content (AvgIpc) is 2.72. The molecule has 1 aromatic carbocycles. The second-order valence-electron chi connectivity index (χ2n) is 2.89. The molecule has 0 spiro atoms. The largest absolute Gasteiger partial charge is 0.497 e. The fourth-order valence-corrected chi connectivity index (χ4v) is 1.96. The number of anilines is 1. The summed E-state index contributed by atoms with van der Waals surface area (Å²) in [5, 5.41) is 4.26. The summed E-state index contributed by atoms with van der Waals surface area (Å²) < 4.78 is 5.08. The predicted molar refractivity (Wildman–Crippen MR) is 68.6 cm³/mol. The number of nitrogens with zero attached hydrogens (tertiary/aromatic N) is 1. The van der Waals surface area contributed by atoms with Crippen molar-refractivity contribution in [2.24, 2.45) is 4.99 Å². The van der Waals surface area contributed by atoms with E-state index in [1.54, 1.807) is 18.9 Å². The van der Waals surface area contributed by atoms with E-state index in [0.29, 0.717) is 0 Å². The van der Waals surface area contributed by atoms with E-state index in [0.717, 1.165) is 28.9 Å². The summed E-state index contributed by atoms with van der Waals surface area (Å²) in [5.74, 6) is 1.95. The van der Waals surface area contributed by atoms with Gasteiger partial charge in [0.05, 0.1) is 13.7 Å². The number of methoxy groups -OCH3 is 1. The quantitative estimate of drug-likeness (QED) is 0.869. The number of amidine groups is 1. The lowest BCUT2D eigenvalue weighted by molar-refractivity contribution is 0.415. The second kappa shape index (κ2) is 5.88. The highest BCUT2D eigenvalue weighted by atomic mass is 35.5. The van der Waals surface area contributed by atoms with E-state index in [1.807, 2.05) is 24.3 Å². The van der Waals surface area contributed by atoms with Crippen molar-refractivity contribution in [1.29, 1.82) is 0 Å². The van der Waals surface area contributed by atoms with Crippen molar-refractivity contribution in [3.8, 4) is 5.75 Å². The maximum atomic E-state index is 5.08. The van der Waals surface area contributed by atoms with Gasteiger partial charge in [-0.1, -0.05) is 11.8 Å². The van der Waals surface area contributed by atoms with Gasteiger partial charge < -0.3 is 10.1 Å². The molecule has 0 unspecified atom stereocenters. The van der Waals surface area contributed by atoms with Gasteiger partial charge in [0, 0.05) is 11.4 Å². The van der Waals surface area contributed by atoms with Gasteiger partial charge in [-0.25, -0.2) is 0 Å². The summed E-state index contributed by atoms with van der Waals surface area (Å²) in [5.41, 5.74) is 1.05. The first-order chi connectivity index (χ1) is 6.88. The van der Waals surface area contributed by atoms with Crippen LogP contribution in [0.3, 0.4) is 0 Å². The van der Waals surface area contributed by atoms with E-state index in [1.165, 1.54) is 0 Å². The monoisotopic (exact) mass is 244 g/mol. The fourth-order valence-electron chi connectivity index (χ4n) is 1.21. The Hall–Kier alpha value is -0.870. The molecule has 15 heavy (non-hydrogen) atoms. The molecule has 2 rings (SSSR count). The van der Waals surface area contributed by atoms with Gasteiger partial charge >= 0.3 is 0 Å². The number of hydrogen-bond donors (Lipinski definition) is 1. The summed E-state index contributed by atoms with van der Waals surface area (Å²) in [7, 11) is 1.67. The molecule has 3 nitrogen and oxygen atoms in total. The molecule has 82 valence electrons. The molecule has 0 aromatic heterocycles. The van der Waals surface area contributed by atoms with E-state index in [4.69, 9.17) is 4.74 Å². The number of rotatable bonds is 2. The minimum atomic E-state index is 0. The second-order valence-corrected chi connectivity index (χ2v) is 3.97. The van der Waals surface area contributed by atoms with Gasteiger partial charge in [-0.3, -0.25) is 4.99 Å². The standard InChI is InChI=1S/C10H12N2OS.ClH/c1-13-9-4-2-8(3-5-9)12-10-11-6-7-14-10;/h2-5H,6-7H2,1H3,(H,11,12);1H. The molecule has 0 saturated carbocycles. The lowest BCUT2D eigenvalue weighted by Crippen LogP contribution is -2.04. The Morgan fingerprint density at radius 2 is 2.07 bits per heavy atom. The summed E-state index contributed by atoms with van der Waals surface area (Å²) in [4.78, 5) is 4.31. The highest BCUT2D eigenvalue weighted by Crippen LogP contribution is 2.18. The van der Waals surface area contributed by atoms with E-state index >= 15 is 0 Å². The molecule has 1 heterocycles. The van der Waals surface area contributed by atoms with Gasteiger partial charge in [-0.2, -0.15) is 0 Å². The van der Waals surface area contributed by atoms with Crippen LogP contribution in [0.15, 0.2) is 29.3 Å². The minimum Gasteiger partial charge on any atom is -0.497 e. The molecule has 5 heteroatoms. The Bertz CT molecular complexity index is 340. The molecule has 0 fully saturated rings. The van der Waals surface area contributed by atoms with Gasteiger partial charge in [0.2, 0.25) is 0 Å². The van der Waals surface area contributed by atoms with Crippen LogP contribution in [0.1, 0.15) is 0 Å². The molecule has 0 amide bonds. The summed E-state index contributed by atoms with van der Waals surface area (Å²) in [6.45, 7) is 0.920. The van der Waals surface area contributed by atoms with Gasteiger partial charge in [-0.05, 0) is 24.3 Å². The van der Waals surface area contributed by atoms with Gasteiger partial charge in [0.15, 0.2) is 5.17 Å². The lowest BCUT2D eigenvalue weighted by Gasteiger charge is -2.05. The Labute approximate surface area is 99.7 Å². The van der Waals surface area contributed by atoms with Crippen LogP contribution < -0.4 is 10.1 Å². The molecule has 1 aliphatic rings. The first kappa shape index (κ1) is 12.2. The summed E-state index contributed by atoms with van der Waals surface area (Å²) in [6, 6.07) is 7.84. The number of ether oxygens (including phenoxy) is 1. The molecule has 1 N–H and O–H groups in total. The third-order valence-corrected chi connectivity index (χ3v) is 2.82. The van der Waals surface area contributed by atoms with Crippen molar-refractivity contribution < 1.29 is 4.74 Å². The van der Waals surface area contributed by atoms with Crippen molar-refractivity contribution in [3.63, 3.8) is 0 Å². The van der Waals surface area contributed by atoms with Crippen molar-refractivity contribution in [1.82, 2.24) is 0 Å². The van der Waals surface area contributed by atoms with Crippen molar-refractivity contribution >= 4 is 35.0 Å². The zero-order valence-electron chi connectivity index (χ0n) is 8.40. The number of hydrogen-bond acceptors (Lipinski definition) is 4. The third kappa shape index (κ3) is 3.32. The Morgan fingerprint density at radius 1 is 1.33 bits per heavy atom. The van der Waals surface area contributed by atoms with Crippen molar-refractivity contribution in [3.05, 3.63) is 24.3 Å². The van der Waals surface area contributed by atoms with E-state index in [2.05, 4.69) is 10.3 Å². The van der Waals surface area contributed by atoms with Crippen LogP contribution in [0.5, 0.6) is 5.75 Å². The van der Waals surface area contributed by atoms with E-state index < -0.39 is 0 Å². The summed E-state index contributed by atoms with van der Waals surface area (Å²) >= 11 is 1.75. The first-order valence-electron chi connectivity index (χ1n) is 4.47. The maximum absolute atomic E-state index is 5.08. The van der Waals surface area contributed by atoms with Gasteiger partial charge in [-0.15, -0.1) is 12.4 Å². The van der Waals surface area contributed by atoms with Crippen LogP contribution in [0.4, 0.5) is 5.69 Å². The first-order valence-corrected chi connectivity index (χ1v) is 5.45. The smallest absolute Gasteiger partial charge is 0.161 e. The van der Waals surface area contributed by atoms with Crippen molar-refractivity contribution in [2.75, 3.05) is 24.7 Å². The molecule has 0 radical (unpaired) electrons. The fraction of sp³-hybridized carbons (Fsp3) is 0.300.